The number of rotatable bonds is 7. The van der Waals surface area contributed by atoms with Crippen LogP contribution < -0.4 is 5.32 Å². The molecule has 0 radical (unpaired) electrons. The Morgan fingerprint density at radius 2 is 1.41 bits per heavy atom. The van der Waals surface area contributed by atoms with Crippen molar-refractivity contribution in [3.8, 4) is 11.1 Å². The highest BCUT2D eigenvalue weighted by molar-refractivity contribution is 5.79. The summed E-state index contributed by atoms with van der Waals surface area (Å²) >= 11 is 0. The number of benzene rings is 3. The highest BCUT2D eigenvalue weighted by Gasteiger charge is 2.29. The molecule has 1 aliphatic rings. The van der Waals surface area contributed by atoms with E-state index in [0.29, 0.717) is 5.56 Å². The van der Waals surface area contributed by atoms with E-state index in [2.05, 4.69) is 29.6 Å². The smallest absolute Gasteiger partial charge is 0.407 e. The molecule has 0 aliphatic heterocycles. The third-order valence-corrected chi connectivity index (χ3v) is 6.10. The number of hydrogen-bond donors (Lipinski definition) is 3. The fourth-order valence-electron chi connectivity index (χ4n) is 4.46. The van der Waals surface area contributed by atoms with E-state index < -0.39 is 18.3 Å². The molecule has 3 N–H and O–H groups in total. The van der Waals surface area contributed by atoms with Gasteiger partial charge in [0.25, 0.3) is 0 Å². The number of carbonyl (C=O) groups is 1. The van der Waals surface area contributed by atoms with E-state index in [1.165, 1.54) is 11.1 Å². The normalized spacial score (nSPS) is 14.5. The molecule has 2 unspecified atom stereocenters. The highest BCUT2D eigenvalue weighted by atomic mass is 16.5. The molecule has 3 aromatic rings. The highest BCUT2D eigenvalue weighted by Crippen LogP contribution is 2.44. The fraction of sp³-hybridized carbons (Fsp3) is 0.296. The van der Waals surface area contributed by atoms with Gasteiger partial charge < -0.3 is 20.3 Å². The summed E-state index contributed by atoms with van der Waals surface area (Å²) in [6, 6.07) is 23.8. The van der Waals surface area contributed by atoms with Gasteiger partial charge in [-0.3, -0.25) is 0 Å². The van der Waals surface area contributed by atoms with Crippen molar-refractivity contribution in [1.29, 1.82) is 0 Å². The number of amides is 1. The molecule has 5 nitrogen and oxygen atoms in total. The van der Waals surface area contributed by atoms with Crippen LogP contribution in [0.1, 0.15) is 54.0 Å². The number of nitrogens with one attached hydrogen (secondary N) is 1. The van der Waals surface area contributed by atoms with Crippen LogP contribution in [-0.4, -0.2) is 35.6 Å². The lowest BCUT2D eigenvalue weighted by atomic mass is 9.92. The summed E-state index contributed by atoms with van der Waals surface area (Å²) in [7, 11) is 0. The molecule has 166 valence electrons. The molecule has 0 aromatic heterocycles. The van der Waals surface area contributed by atoms with Gasteiger partial charge in [0.05, 0.1) is 0 Å². The summed E-state index contributed by atoms with van der Waals surface area (Å²) in [5.74, 6) is 0.185. The van der Waals surface area contributed by atoms with Crippen LogP contribution in [0.25, 0.3) is 11.1 Å². The maximum atomic E-state index is 12.3. The van der Waals surface area contributed by atoms with E-state index in [0.717, 1.165) is 16.7 Å². The summed E-state index contributed by atoms with van der Waals surface area (Å²) in [5.41, 5.74) is 6.26. The molecule has 1 amide bonds. The minimum absolute atomic E-state index is 0.0263. The molecule has 4 rings (SSSR count). The molecular formula is C27H29NO4. The van der Waals surface area contributed by atoms with Crippen LogP contribution in [0.4, 0.5) is 4.79 Å². The Labute approximate surface area is 188 Å². The van der Waals surface area contributed by atoms with Crippen LogP contribution in [0.3, 0.4) is 0 Å². The molecule has 0 spiro atoms. The van der Waals surface area contributed by atoms with Crippen LogP contribution in [-0.2, 0) is 4.74 Å². The third kappa shape index (κ3) is 4.40. The lowest BCUT2D eigenvalue weighted by Crippen LogP contribution is -2.36. The average Bonchev–Trinajstić information content (AvgIpc) is 3.14. The maximum absolute atomic E-state index is 12.3. The van der Waals surface area contributed by atoms with Gasteiger partial charge >= 0.3 is 6.09 Å². The van der Waals surface area contributed by atoms with Gasteiger partial charge in [0, 0.05) is 12.5 Å². The molecule has 0 heterocycles. The summed E-state index contributed by atoms with van der Waals surface area (Å²) in [5, 5.41) is 23.6. The zero-order valence-electron chi connectivity index (χ0n) is 18.4. The number of alkyl carbamates (subject to hydrolysis) is 1. The summed E-state index contributed by atoms with van der Waals surface area (Å²) < 4.78 is 5.49. The number of aliphatic hydroxyl groups is 2. The van der Waals surface area contributed by atoms with Gasteiger partial charge in [0.2, 0.25) is 0 Å². The maximum Gasteiger partial charge on any atom is 0.407 e. The first-order valence-electron chi connectivity index (χ1n) is 11.0. The Morgan fingerprint density at radius 1 is 0.875 bits per heavy atom. The average molecular weight is 432 g/mol. The van der Waals surface area contributed by atoms with Gasteiger partial charge in [-0.25, -0.2) is 4.79 Å². The first kappa shape index (κ1) is 22.1. The zero-order chi connectivity index (χ0) is 22.7. The van der Waals surface area contributed by atoms with Crippen LogP contribution in [0.5, 0.6) is 0 Å². The first-order chi connectivity index (χ1) is 15.5. The van der Waals surface area contributed by atoms with E-state index >= 15 is 0 Å². The number of ether oxygens (including phenoxy) is 1. The Hall–Kier alpha value is -3.15. The molecule has 1 aliphatic carbocycles. The van der Waals surface area contributed by atoms with E-state index in [4.69, 9.17) is 4.74 Å². The van der Waals surface area contributed by atoms with Gasteiger partial charge in [-0.15, -0.1) is 0 Å². The largest absolute Gasteiger partial charge is 0.449 e. The van der Waals surface area contributed by atoms with Crippen molar-refractivity contribution in [3.05, 3.63) is 95.1 Å². The molecular weight excluding hydrogens is 402 g/mol. The Bertz CT molecular complexity index is 1050. The topological polar surface area (TPSA) is 78.8 Å². The zero-order valence-corrected chi connectivity index (χ0v) is 18.4. The summed E-state index contributed by atoms with van der Waals surface area (Å²) in [4.78, 5) is 12.3. The quantitative estimate of drug-likeness (QED) is 0.505. The van der Waals surface area contributed by atoms with Gasteiger partial charge in [-0.05, 0) is 39.3 Å². The Morgan fingerprint density at radius 3 is 2.00 bits per heavy atom. The van der Waals surface area contributed by atoms with E-state index in [1.807, 2.05) is 56.3 Å². The summed E-state index contributed by atoms with van der Waals surface area (Å²) in [6.45, 7) is 4.17. The third-order valence-electron chi connectivity index (χ3n) is 6.10. The number of carbonyl (C=O) groups excluding carboxylic acids is 1. The number of fused-ring (bicyclic) bond motifs is 3. The van der Waals surface area contributed by atoms with Crippen molar-refractivity contribution in [1.82, 2.24) is 5.32 Å². The second-order valence-corrected chi connectivity index (χ2v) is 8.50. The van der Waals surface area contributed by atoms with Crippen LogP contribution in [0.15, 0.2) is 72.8 Å². The predicted molar refractivity (Wildman–Crippen MR) is 125 cm³/mol. The molecule has 0 fully saturated rings. The SMILES string of the molecule is CC(C)c1ccccc1C(O)C(O)CNC(=O)OCC1c2ccccc2-c2ccccc21. The van der Waals surface area contributed by atoms with Crippen molar-refractivity contribution in [2.75, 3.05) is 13.2 Å². The van der Waals surface area contributed by atoms with Crippen LogP contribution >= 0.6 is 0 Å². The van der Waals surface area contributed by atoms with Crippen molar-refractivity contribution >= 4 is 6.09 Å². The minimum Gasteiger partial charge on any atom is -0.449 e. The number of hydrogen-bond acceptors (Lipinski definition) is 4. The molecule has 0 saturated carbocycles. The van der Waals surface area contributed by atoms with Crippen molar-refractivity contribution in [3.63, 3.8) is 0 Å². The summed E-state index contributed by atoms with van der Waals surface area (Å²) in [6.07, 6.45) is -2.85. The lowest BCUT2D eigenvalue weighted by molar-refractivity contribution is 0.0179. The Balaban J connectivity index is 1.35. The van der Waals surface area contributed by atoms with Gasteiger partial charge in [0.15, 0.2) is 0 Å². The molecule has 0 bridgehead atoms. The Kier molecular flexibility index (Phi) is 6.58. The van der Waals surface area contributed by atoms with E-state index in [9.17, 15) is 15.0 Å². The predicted octanol–water partition coefficient (Wildman–Crippen LogP) is 4.74. The monoisotopic (exact) mass is 431 g/mol. The van der Waals surface area contributed by atoms with Crippen LogP contribution in [0.2, 0.25) is 0 Å². The molecule has 3 aromatic carbocycles. The van der Waals surface area contributed by atoms with Gasteiger partial charge in [-0.1, -0.05) is 86.6 Å². The first-order valence-corrected chi connectivity index (χ1v) is 11.0. The van der Waals surface area contributed by atoms with E-state index in [-0.39, 0.29) is 25.0 Å². The molecule has 32 heavy (non-hydrogen) atoms. The van der Waals surface area contributed by atoms with Crippen molar-refractivity contribution in [2.24, 2.45) is 0 Å². The molecule has 0 saturated heterocycles. The van der Waals surface area contributed by atoms with Crippen LogP contribution in [0, 0.1) is 0 Å². The number of aliphatic hydroxyl groups excluding tert-OH is 2. The van der Waals surface area contributed by atoms with Crippen molar-refractivity contribution in [2.45, 2.75) is 37.9 Å². The van der Waals surface area contributed by atoms with E-state index in [1.54, 1.807) is 6.07 Å². The minimum atomic E-state index is -1.14. The second kappa shape index (κ2) is 9.55. The van der Waals surface area contributed by atoms with Gasteiger partial charge in [0.1, 0.15) is 18.8 Å². The van der Waals surface area contributed by atoms with Crippen molar-refractivity contribution < 1.29 is 19.7 Å². The molecule has 5 heteroatoms. The lowest BCUT2D eigenvalue weighted by Gasteiger charge is -2.22. The molecule has 2 atom stereocenters. The second-order valence-electron chi connectivity index (χ2n) is 8.50. The van der Waals surface area contributed by atoms with Gasteiger partial charge in [-0.2, -0.15) is 0 Å². The fourth-order valence-corrected chi connectivity index (χ4v) is 4.46. The standard InChI is InChI=1S/C27H29NO4/c1-17(2)18-9-3-8-14-23(18)26(30)25(29)15-28-27(31)32-16-24-21-12-6-4-10-19(21)20-11-5-7-13-22(20)24/h3-14,17,24-26,29-30H,15-16H2,1-2H3,(H,28,31).